The summed E-state index contributed by atoms with van der Waals surface area (Å²) in [7, 11) is -2.48. The monoisotopic (exact) mass is 571 g/mol. The van der Waals surface area contributed by atoms with Gasteiger partial charge in [-0.15, -0.1) is 0 Å². The first-order chi connectivity index (χ1) is 17.3. The average molecular weight is 572 g/mol. The SMILES string of the molecule is C=CCOc1c(Br)cc(/C=N\NC(=O)CN(c2ccc(C)cc2)S(=O)(=O)c2ccccc2)cc1OC. The summed E-state index contributed by atoms with van der Waals surface area (Å²) in [6.45, 7) is 5.37. The van der Waals surface area contributed by atoms with E-state index in [1.807, 2.05) is 6.92 Å². The molecule has 3 aromatic carbocycles. The van der Waals surface area contributed by atoms with E-state index in [9.17, 15) is 13.2 Å². The van der Waals surface area contributed by atoms with Crippen molar-refractivity contribution in [2.45, 2.75) is 11.8 Å². The third-order valence-electron chi connectivity index (χ3n) is 4.94. The van der Waals surface area contributed by atoms with Crippen LogP contribution in [0.25, 0.3) is 0 Å². The van der Waals surface area contributed by atoms with Crippen molar-refractivity contribution >= 4 is 43.8 Å². The molecule has 188 valence electrons. The van der Waals surface area contributed by atoms with Gasteiger partial charge in [0.05, 0.1) is 28.4 Å². The molecule has 0 aliphatic rings. The fourth-order valence-corrected chi connectivity index (χ4v) is 5.20. The Bertz CT molecular complexity index is 1340. The van der Waals surface area contributed by atoms with Crippen LogP contribution in [0.3, 0.4) is 0 Å². The molecule has 0 aliphatic heterocycles. The van der Waals surface area contributed by atoms with E-state index < -0.39 is 22.5 Å². The number of carbonyl (C=O) groups excluding carboxylic acids is 1. The van der Waals surface area contributed by atoms with E-state index >= 15 is 0 Å². The Morgan fingerprint density at radius 3 is 2.47 bits per heavy atom. The number of rotatable bonds is 11. The topological polar surface area (TPSA) is 97.3 Å². The molecule has 8 nitrogen and oxygen atoms in total. The molecule has 0 aromatic heterocycles. The van der Waals surface area contributed by atoms with E-state index in [1.165, 1.54) is 25.5 Å². The molecule has 0 aliphatic carbocycles. The Balaban J connectivity index is 1.79. The summed E-state index contributed by atoms with van der Waals surface area (Å²) < 4.78 is 39.3. The van der Waals surface area contributed by atoms with Crippen LogP contribution in [0.5, 0.6) is 11.5 Å². The highest BCUT2D eigenvalue weighted by Gasteiger charge is 2.27. The molecule has 0 atom stereocenters. The highest BCUT2D eigenvalue weighted by Crippen LogP contribution is 2.36. The number of carbonyl (C=O) groups is 1. The smallest absolute Gasteiger partial charge is 0.264 e. The lowest BCUT2D eigenvalue weighted by molar-refractivity contribution is -0.119. The highest BCUT2D eigenvalue weighted by atomic mass is 79.9. The van der Waals surface area contributed by atoms with Crippen molar-refractivity contribution in [3.05, 3.63) is 95.0 Å². The predicted octanol–water partition coefficient (Wildman–Crippen LogP) is 4.68. The van der Waals surface area contributed by atoms with Crippen LogP contribution in [0.2, 0.25) is 0 Å². The molecule has 0 radical (unpaired) electrons. The second-order valence-electron chi connectivity index (χ2n) is 7.59. The van der Waals surface area contributed by atoms with Crippen LogP contribution in [0, 0.1) is 6.92 Å². The maximum Gasteiger partial charge on any atom is 0.264 e. The van der Waals surface area contributed by atoms with Gasteiger partial charge in [0.1, 0.15) is 13.2 Å². The number of halogens is 1. The number of benzene rings is 3. The van der Waals surface area contributed by atoms with Gasteiger partial charge in [-0.05, 0) is 64.8 Å². The zero-order valence-electron chi connectivity index (χ0n) is 19.8. The second-order valence-corrected chi connectivity index (χ2v) is 10.3. The molecule has 0 heterocycles. The van der Waals surface area contributed by atoms with Gasteiger partial charge in [0.2, 0.25) is 0 Å². The number of anilines is 1. The van der Waals surface area contributed by atoms with E-state index in [-0.39, 0.29) is 4.90 Å². The van der Waals surface area contributed by atoms with Crippen LogP contribution in [-0.4, -0.2) is 40.8 Å². The van der Waals surface area contributed by atoms with E-state index in [0.717, 1.165) is 9.87 Å². The maximum absolute atomic E-state index is 13.3. The van der Waals surface area contributed by atoms with E-state index in [1.54, 1.807) is 60.7 Å². The first-order valence-electron chi connectivity index (χ1n) is 10.8. The first-order valence-corrected chi connectivity index (χ1v) is 13.1. The Morgan fingerprint density at radius 1 is 1.14 bits per heavy atom. The third-order valence-corrected chi connectivity index (χ3v) is 7.32. The van der Waals surface area contributed by atoms with Gasteiger partial charge in [0.25, 0.3) is 15.9 Å². The number of amides is 1. The highest BCUT2D eigenvalue weighted by molar-refractivity contribution is 9.10. The van der Waals surface area contributed by atoms with Gasteiger partial charge in [-0.1, -0.05) is 48.6 Å². The summed E-state index contributed by atoms with van der Waals surface area (Å²) in [6, 6.07) is 18.3. The molecular formula is C26H26BrN3O5S. The standard InChI is InChI=1S/C26H26BrN3O5S/c1-4-14-35-26-23(27)15-20(16-24(26)34-3)17-28-29-25(31)18-30(21-12-10-19(2)11-13-21)36(32,33)22-8-6-5-7-9-22/h4-13,15-17H,1,14,18H2,2-3H3,(H,29,31)/b28-17-. The van der Waals surface area contributed by atoms with Crippen molar-refractivity contribution < 1.29 is 22.7 Å². The molecular weight excluding hydrogens is 546 g/mol. The molecule has 0 spiro atoms. The number of sulfonamides is 1. The summed E-state index contributed by atoms with van der Waals surface area (Å²) in [4.78, 5) is 12.8. The van der Waals surface area contributed by atoms with Crippen LogP contribution in [0.1, 0.15) is 11.1 Å². The molecule has 0 saturated carbocycles. The molecule has 0 saturated heterocycles. The van der Waals surface area contributed by atoms with Gasteiger partial charge in [-0.25, -0.2) is 13.8 Å². The lowest BCUT2D eigenvalue weighted by Gasteiger charge is -2.23. The van der Waals surface area contributed by atoms with Crippen molar-refractivity contribution in [1.29, 1.82) is 0 Å². The van der Waals surface area contributed by atoms with Gasteiger partial charge in [-0.2, -0.15) is 5.10 Å². The minimum atomic E-state index is -3.99. The summed E-state index contributed by atoms with van der Waals surface area (Å²) in [6.07, 6.45) is 3.04. The van der Waals surface area contributed by atoms with Gasteiger partial charge < -0.3 is 9.47 Å². The van der Waals surface area contributed by atoms with E-state index in [4.69, 9.17) is 9.47 Å². The number of methoxy groups -OCH3 is 1. The van der Waals surface area contributed by atoms with E-state index in [0.29, 0.717) is 33.8 Å². The molecule has 1 amide bonds. The van der Waals surface area contributed by atoms with Crippen molar-refractivity contribution in [3.63, 3.8) is 0 Å². The number of hydrogen-bond acceptors (Lipinski definition) is 6. The molecule has 3 aromatic rings. The van der Waals surface area contributed by atoms with Crippen molar-refractivity contribution in [2.24, 2.45) is 5.10 Å². The van der Waals surface area contributed by atoms with Crippen LogP contribution < -0.4 is 19.2 Å². The van der Waals surface area contributed by atoms with Crippen LogP contribution in [-0.2, 0) is 14.8 Å². The molecule has 0 bridgehead atoms. The Kier molecular flexibility index (Phi) is 9.26. The fraction of sp³-hybridized carbons (Fsp3) is 0.154. The number of hydrogen-bond donors (Lipinski definition) is 1. The number of ether oxygens (including phenoxy) is 2. The minimum absolute atomic E-state index is 0.0811. The first kappa shape index (κ1) is 27.0. The average Bonchev–Trinajstić information content (AvgIpc) is 2.87. The number of nitrogens with zero attached hydrogens (tertiary/aromatic N) is 2. The van der Waals surface area contributed by atoms with Crippen LogP contribution >= 0.6 is 15.9 Å². The molecule has 1 N–H and O–H groups in total. The molecule has 10 heteroatoms. The Morgan fingerprint density at radius 2 is 1.83 bits per heavy atom. The summed E-state index contributed by atoms with van der Waals surface area (Å²) >= 11 is 3.44. The summed E-state index contributed by atoms with van der Waals surface area (Å²) in [5, 5.41) is 3.99. The van der Waals surface area contributed by atoms with Gasteiger partial charge in [0, 0.05) is 0 Å². The lowest BCUT2D eigenvalue weighted by atomic mass is 10.2. The van der Waals surface area contributed by atoms with Crippen molar-refractivity contribution in [1.82, 2.24) is 5.43 Å². The molecule has 3 rings (SSSR count). The zero-order valence-corrected chi connectivity index (χ0v) is 22.3. The molecule has 0 unspecified atom stereocenters. The Hall–Kier alpha value is -3.63. The summed E-state index contributed by atoms with van der Waals surface area (Å²) in [5.41, 5.74) is 4.35. The minimum Gasteiger partial charge on any atom is -0.493 e. The third kappa shape index (κ3) is 6.73. The quantitative estimate of drug-likeness (QED) is 0.205. The fourth-order valence-electron chi connectivity index (χ4n) is 3.19. The van der Waals surface area contributed by atoms with Crippen LogP contribution in [0.15, 0.2) is 93.9 Å². The largest absolute Gasteiger partial charge is 0.493 e. The molecule has 36 heavy (non-hydrogen) atoms. The predicted molar refractivity (Wildman–Crippen MR) is 144 cm³/mol. The van der Waals surface area contributed by atoms with Gasteiger partial charge >= 0.3 is 0 Å². The molecule has 0 fully saturated rings. The number of nitrogens with one attached hydrogen (secondary N) is 1. The van der Waals surface area contributed by atoms with Crippen molar-refractivity contribution in [2.75, 3.05) is 24.6 Å². The van der Waals surface area contributed by atoms with E-state index in [2.05, 4.69) is 33.0 Å². The number of aryl methyl sites for hydroxylation is 1. The summed E-state index contributed by atoms with van der Waals surface area (Å²) in [5.74, 6) is 0.375. The second kappa shape index (κ2) is 12.4. The number of hydrazone groups is 1. The zero-order chi connectivity index (χ0) is 26.1. The maximum atomic E-state index is 13.3. The normalized spacial score (nSPS) is 11.2. The van der Waals surface area contributed by atoms with Gasteiger partial charge in [-0.3, -0.25) is 9.10 Å². The van der Waals surface area contributed by atoms with Gasteiger partial charge in [0.15, 0.2) is 11.5 Å². The van der Waals surface area contributed by atoms with Crippen LogP contribution in [0.4, 0.5) is 5.69 Å². The lowest BCUT2D eigenvalue weighted by Crippen LogP contribution is -2.39. The van der Waals surface area contributed by atoms with Crippen molar-refractivity contribution in [3.8, 4) is 11.5 Å². The Labute approximate surface area is 219 Å².